The molecule has 1 aromatic carbocycles. The number of amides is 2. The molecule has 3 aromatic rings. The van der Waals surface area contributed by atoms with E-state index in [0.717, 1.165) is 12.1 Å². The second kappa shape index (κ2) is 11.3. The van der Waals surface area contributed by atoms with Crippen LogP contribution in [-0.2, 0) is 22.5 Å². The Morgan fingerprint density at radius 2 is 1.95 bits per heavy atom. The monoisotopic (exact) mass is 580 g/mol. The number of carbonyl (C=O) groups is 2. The molecule has 2 amide bonds. The maximum atomic E-state index is 15.3. The summed E-state index contributed by atoms with van der Waals surface area (Å²) in [5, 5.41) is 9.41. The van der Waals surface area contributed by atoms with Gasteiger partial charge in [-0.05, 0) is 13.0 Å². The Morgan fingerprint density at radius 1 is 1.18 bits per heavy atom. The number of rotatable bonds is 6. The van der Waals surface area contributed by atoms with Gasteiger partial charge in [0.25, 0.3) is 0 Å². The summed E-state index contributed by atoms with van der Waals surface area (Å²) < 4.78 is 37.3. The van der Waals surface area contributed by atoms with Gasteiger partial charge in [-0.15, -0.1) is 5.10 Å². The Kier molecular flexibility index (Phi) is 7.82. The molecule has 2 aliphatic heterocycles. The van der Waals surface area contributed by atoms with Gasteiger partial charge in [0.1, 0.15) is 16.9 Å². The minimum absolute atomic E-state index is 0.0463. The van der Waals surface area contributed by atoms with Crippen LogP contribution in [0.3, 0.4) is 0 Å². The second-order valence-electron chi connectivity index (χ2n) is 9.13. The van der Waals surface area contributed by atoms with Crippen LogP contribution < -0.4 is 15.2 Å². The van der Waals surface area contributed by atoms with Gasteiger partial charge in [0.15, 0.2) is 11.6 Å². The molecule has 2 aromatic heterocycles. The molecule has 0 bridgehead atoms. The number of aromatic nitrogens is 4. The zero-order valence-corrected chi connectivity index (χ0v) is 22.3. The lowest BCUT2D eigenvalue weighted by Crippen LogP contribution is -2.44. The average molecular weight is 581 g/mol. The first-order chi connectivity index (χ1) is 18.7. The number of benzene rings is 1. The van der Waals surface area contributed by atoms with Gasteiger partial charge in [0.05, 0.1) is 37.9 Å². The number of nitrogens with zero attached hydrogens (tertiary/aromatic N) is 7. The van der Waals surface area contributed by atoms with E-state index in [9.17, 15) is 9.59 Å². The lowest BCUT2D eigenvalue weighted by atomic mass is 10.2. The van der Waals surface area contributed by atoms with Crippen molar-refractivity contribution < 1.29 is 23.1 Å². The maximum Gasteiger partial charge on any atom is 0.414 e. The normalized spacial score (nSPS) is 17.9. The topological polar surface area (TPSA) is 109 Å². The zero-order chi connectivity index (χ0) is 27.7. The molecule has 206 valence electrons. The third-order valence-electron chi connectivity index (χ3n) is 6.42. The Bertz CT molecular complexity index is 1350. The van der Waals surface area contributed by atoms with Gasteiger partial charge in [-0.25, -0.2) is 28.7 Å². The van der Waals surface area contributed by atoms with E-state index >= 15 is 8.78 Å². The van der Waals surface area contributed by atoms with Crippen LogP contribution in [0.4, 0.5) is 25.0 Å². The molecule has 0 unspecified atom stereocenters. The minimum atomic E-state index is -0.832. The number of nitrogens with one attached hydrogen (secondary N) is 1. The van der Waals surface area contributed by atoms with Crippen LogP contribution >= 0.6 is 23.2 Å². The van der Waals surface area contributed by atoms with E-state index in [1.807, 2.05) is 0 Å². The summed E-state index contributed by atoms with van der Waals surface area (Å²) >= 11 is 12.4. The first-order valence-electron chi connectivity index (χ1n) is 12.1. The molecule has 0 saturated carbocycles. The highest BCUT2D eigenvalue weighted by atomic mass is 35.5. The van der Waals surface area contributed by atoms with Crippen molar-refractivity contribution in [3.05, 3.63) is 63.7 Å². The summed E-state index contributed by atoms with van der Waals surface area (Å²) in [6, 6.07) is 3.84. The molecule has 0 spiro atoms. The lowest BCUT2D eigenvalue weighted by Gasteiger charge is -2.25. The number of cyclic esters (lactones) is 1. The molecular weight excluding hydrogens is 557 g/mol. The van der Waals surface area contributed by atoms with Crippen molar-refractivity contribution in [1.82, 2.24) is 30.4 Å². The largest absolute Gasteiger partial charge is 0.442 e. The number of ether oxygens (including phenoxy) is 1. The fourth-order valence-electron chi connectivity index (χ4n) is 4.57. The van der Waals surface area contributed by atoms with E-state index in [0.29, 0.717) is 16.3 Å². The Hall–Kier alpha value is -3.55. The number of hydrogen-bond donors (Lipinski definition) is 1. The van der Waals surface area contributed by atoms with Gasteiger partial charge < -0.3 is 9.64 Å². The van der Waals surface area contributed by atoms with Gasteiger partial charge in [-0.1, -0.05) is 28.4 Å². The standard InChI is InChI=1S/C24H24Cl2F2N8O3/c1-14-8-18(25)17(23(26)31-14)11-21(37)36-7-6-33(4-3-30-36)22-19(27)9-15(10-20(22)28)35-13-16(39-24(35)38)12-34-5-2-29-32-34/h2,5,8-10,16,30H,3-4,6-7,11-13H2,1H3/t16-/m0/s1. The predicted molar refractivity (Wildman–Crippen MR) is 139 cm³/mol. The lowest BCUT2D eigenvalue weighted by molar-refractivity contribution is -0.133. The van der Waals surface area contributed by atoms with Gasteiger partial charge in [-0.2, -0.15) is 0 Å². The third kappa shape index (κ3) is 5.89. The Morgan fingerprint density at radius 3 is 2.64 bits per heavy atom. The number of aryl methyl sites for hydroxylation is 1. The molecule has 39 heavy (non-hydrogen) atoms. The maximum absolute atomic E-state index is 15.3. The van der Waals surface area contributed by atoms with Crippen molar-refractivity contribution >= 4 is 46.6 Å². The zero-order valence-electron chi connectivity index (χ0n) is 20.8. The van der Waals surface area contributed by atoms with Crippen LogP contribution in [0.5, 0.6) is 0 Å². The second-order valence-corrected chi connectivity index (χ2v) is 9.90. The molecule has 5 rings (SSSR count). The Balaban J connectivity index is 1.25. The number of hydrogen-bond acceptors (Lipinski definition) is 8. The smallest absolute Gasteiger partial charge is 0.414 e. The summed E-state index contributed by atoms with van der Waals surface area (Å²) in [6.45, 7) is 2.90. The van der Waals surface area contributed by atoms with Crippen molar-refractivity contribution in [2.24, 2.45) is 0 Å². The number of pyridine rings is 1. The van der Waals surface area contributed by atoms with Crippen LogP contribution in [0.1, 0.15) is 11.3 Å². The molecule has 0 radical (unpaired) electrons. The number of anilines is 2. The highest BCUT2D eigenvalue weighted by Gasteiger charge is 2.34. The van der Waals surface area contributed by atoms with E-state index < -0.39 is 23.8 Å². The number of carbonyl (C=O) groups excluding carboxylic acids is 2. The van der Waals surface area contributed by atoms with Crippen molar-refractivity contribution in [2.75, 3.05) is 42.5 Å². The van der Waals surface area contributed by atoms with E-state index in [1.54, 1.807) is 19.2 Å². The molecule has 0 aliphatic carbocycles. The summed E-state index contributed by atoms with van der Waals surface area (Å²) in [6.07, 6.45) is 1.78. The minimum Gasteiger partial charge on any atom is -0.442 e. The molecule has 1 atom stereocenters. The van der Waals surface area contributed by atoms with Crippen molar-refractivity contribution in [3.63, 3.8) is 0 Å². The van der Waals surface area contributed by atoms with Gasteiger partial charge in [0, 0.05) is 54.2 Å². The quantitative estimate of drug-likeness (QED) is 0.443. The predicted octanol–water partition coefficient (Wildman–Crippen LogP) is 2.99. The van der Waals surface area contributed by atoms with Crippen LogP contribution in [0.15, 0.2) is 30.6 Å². The third-order valence-corrected chi connectivity index (χ3v) is 7.07. The van der Waals surface area contributed by atoms with Crippen LogP contribution in [-0.4, -0.2) is 75.8 Å². The SMILES string of the molecule is Cc1cc(Cl)c(CC(=O)N2CCN(c3c(F)cc(N4C[C@H](Cn5ccnn5)OC4=O)cc3F)CCN2)c(Cl)n1. The highest BCUT2D eigenvalue weighted by Crippen LogP contribution is 2.31. The van der Waals surface area contributed by atoms with E-state index in [4.69, 9.17) is 27.9 Å². The van der Waals surface area contributed by atoms with E-state index in [2.05, 4.69) is 20.7 Å². The molecule has 2 fully saturated rings. The number of hydrazine groups is 1. The van der Waals surface area contributed by atoms with Crippen LogP contribution in [0, 0.1) is 18.6 Å². The highest BCUT2D eigenvalue weighted by molar-refractivity contribution is 6.35. The van der Waals surface area contributed by atoms with Crippen molar-refractivity contribution in [2.45, 2.75) is 26.0 Å². The molecule has 15 heteroatoms. The first kappa shape index (κ1) is 27.0. The molecule has 1 N–H and O–H groups in total. The van der Waals surface area contributed by atoms with Crippen LogP contribution in [0.25, 0.3) is 0 Å². The summed E-state index contributed by atoms with van der Waals surface area (Å²) in [4.78, 5) is 32.2. The molecule has 2 aliphatic rings. The van der Waals surface area contributed by atoms with Crippen LogP contribution in [0.2, 0.25) is 10.2 Å². The Labute approximate surface area is 232 Å². The van der Waals surface area contributed by atoms with Gasteiger partial charge >= 0.3 is 6.09 Å². The average Bonchev–Trinajstić information content (AvgIpc) is 3.44. The summed E-state index contributed by atoms with van der Waals surface area (Å²) in [5.41, 5.74) is 3.83. The van der Waals surface area contributed by atoms with Gasteiger partial charge in [-0.3, -0.25) is 14.7 Å². The first-order valence-corrected chi connectivity index (χ1v) is 12.9. The molecule has 11 nitrogen and oxygen atoms in total. The van der Waals surface area contributed by atoms with Gasteiger partial charge in [0.2, 0.25) is 5.91 Å². The fraction of sp³-hybridized carbons (Fsp3) is 0.375. The molecular formula is C24H24Cl2F2N8O3. The molecule has 4 heterocycles. The van der Waals surface area contributed by atoms with E-state index in [-0.39, 0.29) is 68.1 Å². The summed E-state index contributed by atoms with van der Waals surface area (Å²) in [5.74, 6) is -1.97. The number of halogens is 4. The van der Waals surface area contributed by atoms with E-state index in [1.165, 1.54) is 25.7 Å². The molecule has 2 saturated heterocycles. The van der Waals surface area contributed by atoms with Crippen molar-refractivity contribution in [3.8, 4) is 0 Å². The van der Waals surface area contributed by atoms with Crippen molar-refractivity contribution in [1.29, 1.82) is 0 Å². The summed E-state index contributed by atoms with van der Waals surface area (Å²) in [7, 11) is 0. The fourth-order valence-corrected chi connectivity index (χ4v) is 5.24.